The predicted molar refractivity (Wildman–Crippen MR) is 82.1 cm³/mol. The lowest BCUT2D eigenvalue weighted by atomic mass is 10.2. The molecule has 1 amide bonds. The molecule has 7 heteroatoms. The zero-order valence-corrected chi connectivity index (χ0v) is 12.9. The smallest absolute Gasteiger partial charge is 0.328 e. The molecule has 0 saturated heterocycles. The summed E-state index contributed by atoms with van der Waals surface area (Å²) in [5.74, 6) is 0.831. The molecule has 2 aromatic rings. The van der Waals surface area contributed by atoms with Gasteiger partial charge in [0.2, 0.25) is 11.8 Å². The fourth-order valence-electron chi connectivity index (χ4n) is 1.97. The lowest BCUT2D eigenvalue weighted by Gasteiger charge is -2.11. The second-order valence-corrected chi connectivity index (χ2v) is 5.08. The summed E-state index contributed by atoms with van der Waals surface area (Å²) in [6, 6.07) is 8.80. The van der Waals surface area contributed by atoms with Gasteiger partial charge in [0.05, 0.1) is 25.8 Å². The molecule has 1 fully saturated rings. The van der Waals surface area contributed by atoms with Crippen molar-refractivity contribution in [3.8, 4) is 23.5 Å². The first-order chi connectivity index (χ1) is 11.2. The molecule has 1 aromatic heterocycles. The van der Waals surface area contributed by atoms with Gasteiger partial charge in [0.25, 0.3) is 5.91 Å². The number of ether oxygens (including phenoxy) is 3. The van der Waals surface area contributed by atoms with Gasteiger partial charge in [0, 0.05) is 6.04 Å². The van der Waals surface area contributed by atoms with E-state index in [4.69, 9.17) is 14.2 Å². The van der Waals surface area contributed by atoms with E-state index in [0.29, 0.717) is 23.1 Å². The van der Waals surface area contributed by atoms with Crippen molar-refractivity contribution in [3.63, 3.8) is 0 Å². The number of rotatable bonds is 6. The Balaban J connectivity index is 1.86. The fourth-order valence-corrected chi connectivity index (χ4v) is 1.97. The molecule has 0 atom stereocenters. The molecule has 120 valence electrons. The van der Waals surface area contributed by atoms with E-state index < -0.39 is 0 Å². The highest BCUT2D eigenvalue weighted by atomic mass is 16.5. The molecular formula is C16H17N3O4. The number of para-hydroxylation sites is 1. The summed E-state index contributed by atoms with van der Waals surface area (Å²) in [6.45, 7) is 0. The molecule has 23 heavy (non-hydrogen) atoms. The number of hydrogen-bond donors (Lipinski definition) is 1. The van der Waals surface area contributed by atoms with Crippen LogP contribution in [0.1, 0.15) is 23.2 Å². The van der Waals surface area contributed by atoms with Crippen molar-refractivity contribution in [2.24, 2.45) is 0 Å². The Labute approximate surface area is 133 Å². The Morgan fingerprint density at radius 1 is 1.13 bits per heavy atom. The molecule has 7 nitrogen and oxygen atoms in total. The summed E-state index contributed by atoms with van der Waals surface area (Å²) in [4.78, 5) is 20.5. The van der Waals surface area contributed by atoms with E-state index in [9.17, 15) is 4.79 Å². The van der Waals surface area contributed by atoms with Crippen molar-refractivity contribution in [1.29, 1.82) is 0 Å². The number of benzene rings is 1. The highest BCUT2D eigenvalue weighted by Crippen LogP contribution is 2.27. The van der Waals surface area contributed by atoms with Crippen LogP contribution in [-0.2, 0) is 0 Å². The van der Waals surface area contributed by atoms with Crippen molar-refractivity contribution < 1.29 is 19.0 Å². The maximum absolute atomic E-state index is 12.3. The minimum Gasteiger partial charge on any atom is -0.481 e. The molecule has 1 aliphatic carbocycles. The van der Waals surface area contributed by atoms with Crippen LogP contribution in [0.4, 0.5) is 0 Å². The molecule has 0 radical (unpaired) electrons. The summed E-state index contributed by atoms with van der Waals surface area (Å²) in [5, 5.41) is 2.93. The highest BCUT2D eigenvalue weighted by molar-refractivity contribution is 5.97. The summed E-state index contributed by atoms with van der Waals surface area (Å²) in [6.07, 6.45) is 2.04. The minimum absolute atomic E-state index is 0.0490. The second-order valence-electron chi connectivity index (χ2n) is 5.08. The van der Waals surface area contributed by atoms with Crippen LogP contribution in [0.25, 0.3) is 0 Å². The first-order valence-corrected chi connectivity index (χ1v) is 7.24. The van der Waals surface area contributed by atoms with Crippen molar-refractivity contribution >= 4 is 5.91 Å². The van der Waals surface area contributed by atoms with Crippen molar-refractivity contribution in [3.05, 3.63) is 35.9 Å². The molecular weight excluding hydrogens is 298 g/mol. The van der Waals surface area contributed by atoms with Gasteiger partial charge in [-0.05, 0) is 25.0 Å². The molecule has 0 bridgehead atoms. The maximum atomic E-state index is 12.3. The van der Waals surface area contributed by atoms with Crippen LogP contribution in [0.3, 0.4) is 0 Å². The Hall–Kier alpha value is -2.83. The zero-order chi connectivity index (χ0) is 16.2. The van der Waals surface area contributed by atoms with Gasteiger partial charge in [-0.15, -0.1) is 0 Å². The molecule has 1 aromatic carbocycles. The number of aromatic nitrogens is 2. The van der Waals surface area contributed by atoms with Crippen LogP contribution in [0.5, 0.6) is 23.5 Å². The molecule has 1 N–H and O–H groups in total. The van der Waals surface area contributed by atoms with E-state index in [-0.39, 0.29) is 18.0 Å². The highest BCUT2D eigenvalue weighted by Gasteiger charge is 2.25. The van der Waals surface area contributed by atoms with Crippen molar-refractivity contribution in [2.75, 3.05) is 14.2 Å². The molecule has 1 saturated carbocycles. The van der Waals surface area contributed by atoms with E-state index in [1.807, 2.05) is 0 Å². The maximum Gasteiger partial charge on any atom is 0.328 e. The molecule has 3 rings (SSSR count). The first kappa shape index (κ1) is 15.1. The van der Waals surface area contributed by atoms with Crippen molar-refractivity contribution in [2.45, 2.75) is 18.9 Å². The number of hydrogen-bond acceptors (Lipinski definition) is 6. The lowest BCUT2D eigenvalue weighted by Crippen LogP contribution is -2.25. The van der Waals surface area contributed by atoms with Crippen LogP contribution >= 0.6 is 0 Å². The molecule has 0 unspecified atom stereocenters. The van der Waals surface area contributed by atoms with Gasteiger partial charge in [0.1, 0.15) is 5.75 Å². The summed E-state index contributed by atoms with van der Waals surface area (Å²) >= 11 is 0. The van der Waals surface area contributed by atoms with E-state index in [1.165, 1.54) is 14.2 Å². The standard InChI is InChI=1S/C16H17N3O4/c1-21-13-9-14(22-2)19-16(18-13)23-12-6-4-3-5-11(12)15(20)17-10-7-8-10/h3-6,9-10H,7-8H2,1-2H3,(H,17,20). The number of amides is 1. The number of methoxy groups -OCH3 is 2. The lowest BCUT2D eigenvalue weighted by molar-refractivity contribution is 0.0948. The number of nitrogens with one attached hydrogen (secondary N) is 1. The van der Waals surface area contributed by atoms with Crippen LogP contribution in [0, 0.1) is 0 Å². The van der Waals surface area contributed by atoms with Gasteiger partial charge in [0.15, 0.2) is 0 Å². The van der Waals surface area contributed by atoms with Crippen LogP contribution < -0.4 is 19.5 Å². The van der Waals surface area contributed by atoms with E-state index in [1.54, 1.807) is 30.3 Å². The van der Waals surface area contributed by atoms with Gasteiger partial charge >= 0.3 is 6.01 Å². The third kappa shape index (κ3) is 3.68. The summed E-state index contributed by atoms with van der Waals surface area (Å²) < 4.78 is 15.8. The Morgan fingerprint density at radius 2 is 1.78 bits per heavy atom. The second kappa shape index (κ2) is 6.51. The monoisotopic (exact) mass is 315 g/mol. The topological polar surface area (TPSA) is 82.6 Å². The summed E-state index contributed by atoms with van der Waals surface area (Å²) in [7, 11) is 2.98. The largest absolute Gasteiger partial charge is 0.481 e. The average molecular weight is 315 g/mol. The number of carbonyl (C=O) groups excluding carboxylic acids is 1. The normalized spacial score (nSPS) is 13.3. The van der Waals surface area contributed by atoms with Gasteiger partial charge in [-0.3, -0.25) is 4.79 Å². The predicted octanol–water partition coefficient (Wildman–Crippen LogP) is 2.18. The Kier molecular flexibility index (Phi) is 4.27. The third-order valence-electron chi connectivity index (χ3n) is 3.32. The number of carbonyl (C=O) groups is 1. The SMILES string of the molecule is COc1cc(OC)nc(Oc2ccccc2C(=O)NC2CC2)n1. The van der Waals surface area contributed by atoms with Crippen molar-refractivity contribution in [1.82, 2.24) is 15.3 Å². The van der Waals surface area contributed by atoms with E-state index in [0.717, 1.165) is 12.8 Å². The summed E-state index contributed by atoms with van der Waals surface area (Å²) in [5.41, 5.74) is 0.435. The quantitative estimate of drug-likeness (QED) is 0.880. The molecule has 0 spiro atoms. The van der Waals surface area contributed by atoms with Gasteiger partial charge in [-0.1, -0.05) is 12.1 Å². The van der Waals surface area contributed by atoms with E-state index >= 15 is 0 Å². The minimum atomic E-state index is -0.169. The third-order valence-corrected chi connectivity index (χ3v) is 3.32. The van der Waals surface area contributed by atoms with Gasteiger partial charge in [-0.2, -0.15) is 9.97 Å². The Morgan fingerprint density at radius 3 is 2.39 bits per heavy atom. The van der Waals surface area contributed by atoms with E-state index in [2.05, 4.69) is 15.3 Å². The number of nitrogens with zero attached hydrogens (tertiary/aromatic N) is 2. The van der Waals surface area contributed by atoms with Gasteiger partial charge < -0.3 is 19.5 Å². The molecule has 0 aliphatic heterocycles. The zero-order valence-electron chi connectivity index (χ0n) is 12.9. The van der Waals surface area contributed by atoms with Crippen LogP contribution in [0.2, 0.25) is 0 Å². The van der Waals surface area contributed by atoms with Crippen LogP contribution in [-0.4, -0.2) is 36.1 Å². The molecule has 1 heterocycles. The molecule has 1 aliphatic rings. The van der Waals surface area contributed by atoms with Crippen LogP contribution in [0.15, 0.2) is 30.3 Å². The fraction of sp³-hybridized carbons (Fsp3) is 0.312. The Bertz CT molecular complexity index is 694. The first-order valence-electron chi connectivity index (χ1n) is 7.24. The average Bonchev–Trinajstić information content (AvgIpc) is 3.38. The van der Waals surface area contributed by atoms with Gasteiger partial charge in [-0.25, -0.2) is 0 Å².